The van der Waals surface area contributed by atoms with Gasteiger partial charge in [-0.05, 0) is 18.1 Å². The van der Waals surface area contributed by atoms with Crippen LogP contribution in [0, 0.1) is 5.82 Å². The summed E-state index contributed by atoms with van der Waals surface area (Å²) in [7, 11) is 0. The van der Waals surface area contributed by atoms with Crippen LogP contribution in [0.1, 0.15) is 25.3 Å². The molecule has 0 aliphatic carbocycles. The van der Waals surface area contributed by atoms with Crippen molar-refractivity contribution >= 4 is 23.2 Å². The first-order valence-corrected chi connectivity index (χ1v) is 6.38. The molecular formula is C13H11Cl2FN2O. The normalized spacial score (nSPS) is 10.8. The van der Waals surface area contributed by atoms with Crippen LogP contribution in [0.2, 0.25) is 10.2 Å². The van der Waals surface area contributed by atoms with E-state index in [2.05, 4.69) is 9.97 Å². The summed E-state index contributed by atoms with van der Waals surface area (Å²) in [4.78, 5) is 7.95. The zero-order valence-corrected chi connectivity index (χ0v) is 11.8. The lowest BCUT2D eigenvalue weighted by Gasteiger charge is -2.13. The van der Waals surface area contributed by atoms with Crippen LogP contribution in [-0.4, -0.2) is 9.97 Å². The van der Waals surface area contributed by atoms with Crippen molar-refractivity contribution < 1.29 is 9.13 Å². The van der Waals surface area contributed by atoms with Crippen LogP contribution in [0.15, 0.2) is 24.5 Å². The molecule has 0 bridgehead atoms. The number of hydrogen-bond acceptors (Lipinski definition) is 3. The van der Waals surface area contributed by atoms with Crippen molar-refractivity contribution in [3.8, 4) is 11.6 Å². The van der Waals surface area contributed by atoms with Gasteiger partial charge in [-0.1, -0.05) is 37.0 Å². The average molecular weight is 301 g/mol. The first-order chi connectivity index (χ1) is 8.99. The molecule has 0 saturated carbocycles. The van der Waals surface area contributed by atoms with Crippen LogP contribution in [0.25, 0.3) is 0 Å². The van der Waals surface area contributed by atoms with Crippen LogP contribution in [0.3, 0.4) is 0 Å². The number of benzene rings is 1. The predicted molar refractivity (Wildman–Crippen MR) is 72.6 cm³/mol. The standard InChI is InChI=1S/C13H11Cl2FN2O/c1-7(2)11-12(15)17-6-18-13(11)19-8-3-4-9(14)10(16)5-8/h3-7H,1-2H3. The first kappa shape index (κ1) is 14.0. The maximum absolute atomic E-state index is 13.3. The molecule has 0 saturated heterocycles. The summed E-state index contributed by atoms with van der Waals surface area (Å²) in [5.41, 5.74) is 0.680. The maximum atomic E-state index is 13.3. The molecule has 1 heterocycles. The number of rotatable bonds is 3. The van der Waals surface area contributed by atoms with Gasteiger partial charge in [-0.15, -0.1) is 0 Å². The molecule has 1 aromatic heterocycles. The lowest BCUT2D eigenvalue weighted by molar-refractivity contribution is 0.447. The van der Waals surface area contributed by atoms with Gasteiger partial charge in [0.05, 0.1) is 10.6 Å². The number of hydrogen-bond donors (Lipinski definition) is 0. The van der Waals surface area contributed by atoms with Crippen molar-refractivity contribution in [2.24, 2.45) is 0 Å². The summed E-state index contributed by atoms with van der Waals surface area (Å²) >= 11 is 11.6. The summed E-state index contributed by atoms with van der Waals surface area (Å²) in [6.07, 6.45) is 1.30. The van der Waals surface area contributed by atoms with Gasteiger partial charge < -0.3 is 4.74 Å². The highest BCUT2D eigenvalue weighted by Crippen LogP contribution is 2.33. The van der Waals surface area contributed by atoms with Crippen LogP contribution in [-0.2, 0) is 0 Å². The minimum absolute atomic E-state index is 0.0390. The van der Waals surface area contributed by atoms with Crippen molar-refractivity contribution in [3.05, 3.63) is 46.1 Å². The van der Waals surface area contributed by atoms with Gasteiger partial charge in [0.25, 0.3) is 0 Å². The summed E-state index contributed by atoms with van der Waals surface area (Å²) < 4.78 is 18.9. The van der Waals surface area contributed by atoms with Crippen LogP contribution in [0.4, 0.5) is 4.39 Å². The fraction of sp³-hybridized carbons (Fsp3) is 0.231. The monoisotopic (exact) mass is 300 g/mol. The molecule has 0 atom stereocenters. The van der Waals surface area contributed by atoms with Gasteiger partial charge in [-0.2, -0.15) is 0 Å². The molecule has 0 aliphatic rings. The highest BCUT2D eigenvalue weighted by molar-refractivity contribution is 6.30. The smallest absolute Gasteiger partial charge is 0.227 e. The average Bonchev–Trinajstić information content (AvgIpc) is 2.33. The fourth-order valence-electron chi connectivity index (χ4n) is 1.58. The van der Waals surface area contributed by atoms with Gasteiger partial charge in [0, 0.05) is 6.07 Å². The molecule has 0 aliphatic heterocycles. The van der Waals surface area contributed by atoms with Crippen LogP contribution >= 0.6 is 23.2 Å². The van der Waals surface area contributed by atoms with E-state index in [1.165, 1.54) is 18.5 Å². The van der Waals surface area contributed by atoms with Crippen LogP contribution in [0.5, 0.6) is 11.6 Å². The minimum atomic E-state index is -0.551. The van der Waals surface area contributed by atoms with E-state index >= 15 is 0 Å². The second-order valence-corrected chi connectivity index (χ2v) is 4.98. The molecule has 1 aromatic carbocycles. The first-order valence-electron chi connectivity index (χ1n) is 5.62. The molecule has 0 fully saturated rings. The number of nitrogens with zero attached hydrogens (tertiary/aromatic N) is 2. The van der Waals surface area contributed by atoms with Crippen molar-refractivity contribution in [2.45, 2.75) is 19.8 Å². The Morgan fingerprint density at radius 1 is 1.21 bits per heavy atom. The number of ether oxygens (including phenoxy) is 1. The molecule has 0 radical (unpaired) electrons. The zero-order chi connectivity index (χ0) is 14.0. The summed E-state index contributed by atoms with van der Waals surface area (Å²) in [6, 6.07) is 4.18. The van der Waals surface area contributed by atoms with E-state index < -0.39 is 5.82 Å². The molecule has 19 heavy (non-hydrogen) atoms. The van der Waals surface area contributed by atoms with E-state index in [0.29, 0.717) is 22.3 Å². The van der Waals surface area contributed by atoms with Crippen molar-refractivity contribution in [3.63, 3.8) is 0 Å². The van der Waals surface area contributed by atoms with Gasteiger partial charge >= 0.3 is 0 Å². The van der Waals surface area contributed by atoms with Crippen molar-refractivity contribution in [2.75, 3.05) is 0 Å². The van der Waals surface area contributed by atoms with Crippen molar-refractivity contribution in [1.82, 2.24) is 9.97 Å². The Morgan fingerprint density at radius 3 is 2.58 bits per heavy atom. The quantitative estimate of drug-likeness (QED) is 0.761. The zero-order valence-electron chi connectivity index (χ0n) is 10.3. The second kappa shape index (κ2) is 5.72. The second-order valence-electron chi connectivity index (χ2n) is 4.22. The molecule has 0 N–H and O–H groups in total. The Hall–Kier alpha value is -1.39. The Kier molecular flexibility index (Phi) is 4.22. The third-order valence-electron chi connectivity index (χ3n) is 2.48. The Bertz CT molecular complexity index is 605. The van der Waals surface area contributed by atoms with E-state index in [0.717, 1.165) is 0 Å². The van der Waals surface area contributed by atoms with Gasteiger partial charge in [-0.3, -0.25) is 0 Å². The third kappa shape index (κ3) is 3.14. The molecule has 0 amide bonds. The fourth-order valence-corrected chi connectivity index (χ4v) is 2.04. The molecule has 2 rings (SSSR count). The maximum Gasteiger partial charge on any atom is 0.227 e. The molecule has 100 valence electrons. The largest absolute Gasteiger partial charge is 0.438 e. The Balaban J connectivity index is 2.38. The summed E-state index contributed by atoms with van der Waals surface area (Å²) in [5.74, 6) is 0.154. The van der Waals surface area contributed by atoms with Gasteiger partial charge in [0.1, 0.15) is 23.0 Å². The highest BCUT2D eigenvalue weighted by Gasteiger charge is 2.16. The summed E-state index contributed by atoms with van der Waals surface area (Å²) in [6.45, 7) is 3.89. The lowest BCUT2D eigenvalue weighted by atomic mass is 10.1. The molecule has 2 aromatic rings. The third-order valence-corrected chi connectivity index (χ3v) is 3.09. The van der Waals surface area contributed by atoms with Gasteiger partial charge in [0.15, 0.2) is 0 Å². The lowest BCUT2D eigenvalue weighted by Crippen LogP contribution is -1.99. The van der Waals surface area contributed by atoms with E-state index in [9.17, 15) is 4.39 Å². The van der Waals surface area contributed by atoms with E-state index in [-0.39, 0.29) is 10.9 Å². The minimum Gasteiger partial charge on any atom is -0.438 e. The highest BCUT2D eigenvalue weighted by atomic mass is 35.5. The van der Waals surface area contributed by atoms with Gasteiger partial charge in [-0.25, -0.2) is 14.4 Å². The van der Waals surface area contributed by atoms with Crippen LogP contribution < -0.4 is 4.74 Å². The van der Waals surface area contributed by atoms with Gasteiger partial charge in [0.2, 0.25) is 5.88 Å². The van der Waals surface area contributed by atoms with E-state index in [1.54, 1.807) is 6.07 Å². The number of halogens is 3. The molecular weight excluding hydrogens is 290 g/mol. The number of aromatic nitrogens is 2. The van der Waals surface area contributed by atoms with E-state index in [4.69, 9.17) is 27.9 Å². The van der Waals surface area contributed by atoms with Crippen molar-refractivity contribution in [1.29, 1.82) is 0 Å². The molecule has 3 nitrogen and oxygen atoms in total. The topological polar surface area (TPSA) is 35.0 Å². The van der Waals surface area contributed by atoms with E-state index in [1.807, 2.05) is 13.8 Å². The Labute approximate surface area is 120 Å². The Morgan fingerprint density at radius 2 is 1.95 bits per heavy atom. The predicted octanol–water partition coefficient (Wildman–Crippen LogP) is 4.84. The molecule has 0 unspecified atom stereocenters. The molecule has 0 spiro atoms. The SMILES string of the molecule is CC(C)c1c(Cl)ncnc1Oc1ccc(Cl)c(F)c1. The summed E-state index contributed by atoms with van der Waals surface area (Å²) in [5, 5.41) is 0.367. The molecule has 6 heteroatoms.